The summed E-state index contributed by atoms with van der Waals surface area (Å²) in [5, 5.41) is 5.50. The summed E-state index contributed by atoms with van der Waals surface area (Å²) in [6.45, 7) is 1.12. The Morgan fingerprint density at radius 1 is 1.30 bits per heavy atom. The van der Waals surface area contributed by atoms with Crippen LogP contribution < -0.4 is 21.1 Å². The minimum absolute atomic E-state index is 0.0292. The molecule has 1 aromatic rings. The van der Waals surface area contributed by atoms with E-state index in [-0.39, 0.29) is 17.9 Å². The highest BCUT2D eigenvalue weighted by molar-refractivity contribution is 5.94. The fourth-order valence-corrected chi connectivity index (χ4v) is 2.41. The van der Waals surface area contributed by atoms with Gasteiger partial charge in [0.2, 0.25) is 5.91 Å². The van der Waals surface area contributed by atoms with E-state index in [0.29, 0.717) is 37.4 Å². The maximum absolute atomic E-state index is 12.0. The number of hydrogen-bond acceptors (Lipinski definition) is 5. The summed E-state index contributed by atoms with van der Waals surface area (Å²) < 4.78 is 10.6. The Morgan fingerprint density at radius 2 is 2.09 bits per heavy atom. The number of methoxy groups -OCH3 is 1. The summed E-state index contributed by atoms with van der Waals surface area (Å²) in [5.41, 5.74) is 6.03. The topological polar surface area (TPSA) is 103 Å². The van der Waals surface area contributed by atoms with Gasteiger partial charge in [0.1, 0.15) is 11.9 Å². The molecule has 1 aliphatic heterocycles. The number of carbonyl (C=O) groups is 2. The largest absolute Gasteiger partial charge is 0.497 e. The fourth-order valence-electron chi connectivity index (χ4n) is 2.41. The SMILES string of the molecule is COc1cccc(C(=O)NCCNC(=O)[C@@H]2CC[C@H](CN)O2)c1. The van der Waals surface area contributed by atoms with Crippen molar-refractivity contribution in [1.82, 2.24) is 10.6 Å². The molecule has 1 aliphatic rings. The third-order valence-electron chi connectivity index (χ3n) is 3.70. The molecule has 0 aromatic heterocycles. The van der Waals surface area contributed by atoms with E-state index in [9.17, 15) is 9.59 Å². The maximum atomic E-state index is 12.0. The second-order valence-corrected chi connectivity index (χ2v) is 5.34. The molecule has 0 saturated carbocycles. The zero-order chi connectivity index (χ0) is 16.7. The molecule has 0 aliphatic carbocycles. The van der Waals surface area contributed by atoms with Crippen molar-refractivity contribution in [2.75, 3.05) is 26.7 Å². The van der Waals surface area contributed by atoms with Gasteiger partial charge < -0.3 is 25.8 Å². The summed E-state index contributed by atoms with van der Waals surface area (Å²) in [5.74, 6) is 0.258. The van der Waals surface area contributed by atoms with E-state index in [0.717, 1.165) is 6.42 Å². The van der Waals surface area contributed by atoms with Crippen molar-refractivity contribution >= 4 is 11.8 Å². The number of carbonyl (C=O) groups excluding carboxylic acids is 2. The molecule has 0 spiro atoms. The first-order valence-electron chi connectivity index (χ1n) is 7.69. The zero-order valence-corrected chi connectivity index (χ0v) is 13.2. The molecule has 0 radical (unpaired) electrons. The Hall–Kier alpha value is -2.12. The van der Waals surface area contributed by atoms with Gasteiger partial charge in [0, 0.05) is 25.2 Å². The molecule has 7 heteroatoms. The van der Waals surface area contributed by atoms with Crippen molar-refractivity contribution in [3.05, 3.63) is 29.8 Å². The van der Waals surface area contributed by atoms with Crippen LogP contribution in [-0.4, -0.2) is 50.8 Å². The summed E-state index contributed by atoms with van der Waals surface area (Å²) in [6, 6.07) is 6.89. The molecule has 1 saturated heterocycles. The highest BCUT2D eigenvalue weighted by atomic mass is 16.5. The van der Waals surface area contributed by atoms with Gasteiger partial charge >= 0.3 is 0 Å². The first-order valence-corrected chi connectivity index (χ1v) is 7.69. The van der Waals surface area contributed by atoms with Crippen LogP contribution in [0.3, 0.4) is 0 Å². The van der Waals surface area contributed by atoms with Gasteiger partial charge in [0.25, 0.3) is 5.91 Å². The fraction of sp³-hybridized carbons (Fsp3) is 0.500. The minimum Gasteiger partial charge on any atom is -0.497 e. The first kappa shape index (κ1) is 17.2. The molecule has 4 N–H and O–H groups in total. The lowest BCUT2D eigenvalue weighted by Crippen LogP contribution is -2.40. The van der Waals surface area contributed by atoms with Crippen LogP contribution in [0.4, 0.5) is 0 Å². The van der Waals surface area contributed by atoms with Crippen LogP contribution in [0.25, 0.3) is 0 Å². The Bertz CT molecular complexity index is 550. The van der Waals surface area contributed by atoms with Crippen LogP contribution in [0.2, 0.25) is 0 Å². The minimum atomic E-state index is -0.433. The average Bonchev–Trinajstić information content (AvgIpc) is 3.07. The standard InChI is InChI=1S/C16H23N3O4/c1-22-12-4-2-3-11(9-12)15(20)18-7-8-19-16(21)14-6-5-13(10-17)23-14/h2-4,9,13-14H,5-8,10,17H2,1H3,(H,18,20)(H,19,21)/t13-,14+/m1/s1. The molecule has 1 fully saturated rings. The van der Waals surface area contributed by atoms with E-state index < -0.39 is 6.10 Å². The summed E-state index contributed by atoms with van der Waals surface area (Å²) in [7, 11) is 1.55. The van der Waals surface area contributed by atoms with Crippen molar-refractivity contribution in [3.63, 3.8) is 0 Å². The van der Waals surface area contributed by atoms with E-state index >= 15 is 0 Å². The number of amides is 2. The first-order chi connectivity index (χ1) is 11.1. The van der Waals surface area contributed by atoms with Crippen LogP contribution in [-0.2, 0) is 9.53 Å². The third-order valence-corrected chi connectivity index (χ3v) is 3.70. The maximum Gasteiger partial charge on any atom is 0.251 e. The summed E-state index contributed by atoms with van der Waals surface area (Å²) in [6.07, 6.45) is 1.03. The van der Waals surface area contributed by atoms with Crippen molar-refractivity contribution in [1.29, 1.82) is 0 Å². The lowest BCUT2D eigenvalue weighted by molar-refractivity contribution is -0.131. The van der Waals surface area contributed by atoms with E-state index in [1.807, 2.05) is 0 Å². The second-order valence-electron chi connectivity index (χ2n) is 5.34. The van der Waals surface area contributed by atoms with E-state index in [4.69, 9.17) is 15.2 Å². The molecule has 2 atom stereocenters. The Morgan fingerprint density at radius 3 is 2.78 bits per heavy atom. The van der Waals surface area contributed by atoms with Gasteiger partial charge in [-0.1, -0.05) is 6.07 Å². The molecule has 2 rings (SSSR count). The molecule has 2 amide bonds. The quantitative estimate of drug-likeness (QED) is 0.616. The number of benzene rings is 1. The van der Waals surface area contributed by atoms with Crippen molar-refractivity contribution in [2.24, 2.45) is 5.73 Å². The smallest absolute Gasteiger partial charge is 0.251 e. The van der Waals surface area contributed by atoms with Gasteiger partial charge in [0.15, 0.2) is 0 Å². The monoisotopic (exact) mass is 321 g/mol. The zero-order valence-electron chi connectivity index (χ0n) is 13.2. The second kappa shape index (κ2) is 8.50. The normalized spacial score (nSPS) is 20.1. The van der Waals surface area contributed by atoms with Crippen LogP contribution in [0.15, 0.2) is 24.3 Å². The van der Waals surface area contributed by atoms with Gasteiger partial charge in [-0.15, -0.1) is 0 Å². The Kier molecular flexibility index (Phi) is 6.37. The lowest BCUT2D eigenvalue weighted by atomic mass is 10.2. The third kappa shape index (κ3) is 4.94. The van der Waals surface area contributed by atoms with Crippen LogP contribution in [0.1, 0.15) is 23.2 Å². The van der Waals surface area contributed by atoms with Crippen LogP contribution >= 0.6 is 0 Å². The van der Waals surface area contributed by atoms with Gasteiger partial charge in [-0.2, -0.15) is 0 Å². The highest BCUT2D eigenvalue weighted by Crippen LogP contribution is 2.18. The number of nitrogens with one attached hydrogen (secondary N) is 2. The van der Waals surface area contributed by atoms with Gasteiger partial charge in [-0.3, -0.25) is 9.59 Å². The predicted octanol–water partition coefficient (Wildman–Crippen LogP) is 0.0475. The highest BCUT2D eigenvalue weighted by Gasteiger charge is 2.29. The van der Waals surface area contributed by atoms with Crippen molar-refractivity contribution in [3.8, 4) is 5.75 Å². The molecule has 126 valence electrons. The average molecular weight is 321 g/mol. The van der Waals surface area contributed by atoms with E-state index in [2.05, 4.69) is 10.6 Å². The Labute approximate surface area is 135 Å². The van der Waals surface area contributed by atoms with Crippen molar-refractivity contribution in [2.45, 2.75) is 25.0 Å². The molecule has 0 bridgehead atoms. The van der Waals surface area contributed by atoms with E-state index in [1.165, 1.54) is 0 Å². The number of nitrogens with two attached hydrogens (primary N) is 1. The molecule has 0 unspecified atom stereocenters. The van der Waals surface area contributed by atoms with Gasteiger partial charge in [-0.05, 0) is 31.0 Å². The van der Waals surface area contributed by atoms with Crippen LogP contribution in [0.5, 0.6) is 5.75 Å². The molecule has 1 heterocycles. The molecular formula is C16H23N3O4. The van der Waals surface area contributed by atoms with Crippen molar-refractivity contribution < 1.29 is 19.1 Å². The number of hydrogen-bond donors (Lipinski definition) is 3. The Balaban J connectivity index is 1.68. The predicted molar refractivity (Wildman–Crippen MR) is 85.3 cm³/mol. The lowest BCUT2D eigenvalue weighted by Gasteiger charge is -2.13. The molecule has 23 heavy (non-hydrogen) atoms. The van der Waals surface area contributed by atoms with Gasteiger partial charge in [0.05, 0.1) is 13.2 Å². The van der Waals surface area contributed by atoms with Crippen LogP contribution in [0, 0.1) is 0 Å². The summed E-state index contributed by atoms with van der Waals surface area (Å²) >= 11 is 0. The molecule has 1 aromatic carbocycles. The molecule has 7 nitrogen and oxygen atoms in total. The van der Waals surface area contributed by atoms with Gasteiger partial charge in [-0.25, -0.2) is 0 Å². The van der Waals surface area contributed by atoms with E-state index in [1.54, 1.807) is 31.4 Å². The number of rotatable bonds is 7. The molecular weight excluding hydrogens is 298 g/mol. The number of ether oxygens (including phenoxy) is 2. The summed E-state index contributed by atoms with van der Waals surface area (Å²) in [4.78, 5) is 23.9.